The van der Waals surface area contributed by atoms with Crippen LogP contribution in [0.15, 0.2) is 60.1 Å². The molecule has 2 aromatic heterocycles. The molecule has 4 rings (SSSR count). The van der Waals surface area contributed by atoms with E-state index in [-0.39, 0.29) is 5.82 Å². The van der Waals surface area contributed by atoms with Gasteiger partial charge in [-0.3, -0.25) is 4.98 Å². The van der Waals surface area contributed by atoms with Crippen LogP contribution in [0.1, 0.15) is 33.1 Å². The fourth-order valence-electron chi connectivity index (χ4n) is 3.71. The van der Waals surface area contributed by atoms with Crippen molar-refractivity contribution in [1.29, 1.82) is 0 Å². The van der Waals surface area contributed by atoms with Gasteiger partial charge in [0.25, 0.3) is 0 Å². The summed E-state index contributed by atoms with van der Waals surface area (Å²) in [6.45, 7) is 5.03. The Morgan fingerprint density at radius 3 is 2.74 bits per heavy atom. The van der Waals surface area contributed by atoms with E-state index in [9.17, 15) is 4.39 Å². The van der Waals surface area contributed by atoms with Gasteiger partial charge in [-0.25, -0.2) is 14.4 Å². The highest BCUT2D eigenvalue weighted by Crippen LogP contribution is 2.37. The van der Waals surface area contributed by atoms with Crippen LogP contribution in [0.25, 0.3) is 22.2 Å². The first kappa shape index (κ1) is 21.0. The maximum absolute atomic E-state index is 13.3. The van der Waals surface area contributed by atoms with Gasteiger partial charge in [-0.2, -0.15) is 0 Å². The van der Waals surface area contributed by atoms with E-state index in [1.165, 1.54) is 42.6 Å². The summed E-state index contributed by atoms with van der Waals surface area (Å²) < 4.78 is 18.9. The van der Waals surface area contributed by atoms with Gasteiger partial charge in [0, 0.05) is 17.5 Å². The number of hydrogen-bond acceptors (Lipinski definition) is 5. The molecule has 1 saturated carbocycles. The van der Waals surface area contributed by atoms with Crippen LogP contribution < -0.4 is 10.1 Å². The minimum absolute atomic E-state index is 0.369. The molecule has 1 N–H and O–H groups in total. The third kappa shape index (κ3) is 4.90. The molecular formula is C25H27FN4O. The van der Waals surface area contributed by atoms with Crippen molar-refractivity contribution in [3.8, 4) is 17.0 Å². The van der Waals surface area contributed by atoms with E-state index >= 15 is 0 Å². The zero-order valence-corrected chi connectivity index (χ0v) is 18.2. The molecule has 1 aliphatic carbocycles. The third-order valence-corrected chi connectivity index (χ3v) is 5.51. The minimum atomic E-state index is -0.369. The van der Waals surface area contributed by atoms with E-state index in [1.54, 1.807) is 13.2 Å². The quantitative estimate of drug-likeness (QED) is 0.459. The van der Waals surface area contributed by atoms with Crippen molar-refractivity contribution >= 4 is 16.7 Å². The molecule has 31 heavy (non-hydrogen) atoms. The maximum atomic E-state index is 13.3. The summed E-state index contributed by atoms with van der Waals surface area (Å²) in [5, 5.41) is 4.31. The molecule has 3 aromatic rings. The van der Waals surface area contributed by atoms with Crippen LogP contribution in [0.3, 0.4) is 0 Å². The first-order valence-corrected chi connectivity index (χ1v) is 10.6. The average molecular weight is 419 g/mol. The smallest absolute Gasteiger partial charge is 0.145 e. The summed E-state index contributed by atoms with van der Waals surface area (Å²) in [6, 6.07) is 6.88. The second-order valence-corrected chi connectivity index (χ2v) is 7.86. The fourth-order valence-corrected chi connectivity index (χ4v) is 3.71. The zero-order valence-electron chi connectivity index (χ0n) is 18.2. The maximum Gasteiger partial charge on any atom is 0.145 e. The molecule has 0 aliphatic heterocycles. The SMILES string of the molecule is CC/C=C(/C=C(/C)C1CC1)CNc1ncnc2c(OC)cc(-c3ccc(F)cn3)cc12. The van der Waals surface area contributed by atoms with E-state index in [2.05, 4.69) is 46.3 Å². The molecule has 1 aliphatic rings. The van der Waals surface area contributed by atoms with Crippen LogP contribution in [0.5, 0.6) is 5.75 Å². The van der Waals surface area contributed by atoms with Gasteiger partial charge in [0.05, 0.1) is 19.0 Å². The number of nitrogens with one attached hydrogen (secondary N) is 1. The van der Waals surface area contributed by atoms with Crippen LogP contribution in [-0.4, -0.2) is 28.6 Å². The van der Waals surface area contributed by atoms with Crippen LogP contribution in [0.2, 0.25) is 0 Å². The second kappa shape index (κ2) is 9.25. The summed E-state index contributed by atoms with van der Waals surface area (Å²) in [5.74, 6) is 1.73. The number of anilines is 1. The lowest BCUT2D eigenvalue weighted by atomic mass is 10.1. The molecule has 0 atom stereocenters. The molecule has 0 radical (unpaired) electrons. The van der Waals surface area contributed by atoms with E-state index in [0.29, 0.717) is 18.0 Å². The van der Waals surface area contributed by atoms with Crippen molar-refractivity contribution in [3.63, 3.8) is 0 Å². The summed E-state index contributed by atoms with van der Waals surface area (Å²) in [7, 11) is 1.61. The molecule has 5 nitrogen and oxygen atoms in total. The van der Waals surface area contributed by atoms with Crippen LogP contribution in [0.4, 0.5) is 10.2 Å². The van der Waals surface area contributed by atoms with Gasteiger partial charge in [0.2, 0.25) is 0 Å². The van der Waals surface area contributed by atoms with Crippen molar-refractivity contribution in [2.75, 3.05) is 19.0 Å². The zero-order chi connectivity index (χ0) is 21.8. The number of ether oxygens (including phenoxy) is 1. The molecule has 6 heteroatoms. The lowest BCUT2D eigenvalue weighted by Crippen LogP contribution is -2.07. The Morgan fingerprint density at radius 2 is 2.06 bits per heavy atom. The predicted molar refractivity (Wildman–Crippen MR) is 123 cm³/mol. The monoisotopic (exact) mass is 418 g/mol. The number of pyridine rings is 1. The number of rotatable bonds is 8. The number of nitrogens with zero attached hydrogens (tertiary/aromatic N) is 3. The summed E-state index contributed by atoms with van der Waals surface area (Å²) in [4.78, 5) is 13.1. The van der Waals surface area contributed by atoms with E-state index in [1.807, 2.05) is 12.1 Å². The summed E-state index contributed by atoms with van der Waals surface area (Å²) >= 11 is 0. The molecule has 0 amide bonds. The molecule has 1 aromatic carbocycles. The van der Waals surface area contributed by atoms with E-state index in [4.69, 9.17) is 4.74 Å². The number of fused-ring (bicyclic) bond motifs is 1. The van der Waals surface area contributed by atoms with Crippen LogP contribution >= 0.6 is 0 Å². The average Bonchev–Trinajstić information content (AvgIpc) is 3.63. The number of benzene rings is 1. The van der Waals surface area contributed by atoms with Crippen molar-refractivity contribution in [3.05, 3.63) is 65.9 Å². The van der Waals surface area contributed by atoms with Gasteiger partial charge in [-0.1, -0.05) is 24.6 Å². The van der Waals surface area contributed by atoms with Crippen molar-refractivity contribution in [1.82, 2.24) is 15.0 Å². The first-order chi connectivity index (χ1) is 15.1. The third-order valence-electron chi connectivity index (χ3n) is 5.51. The predicted octanol–water partition coefficient (Wildman–Crippen LogP) is 5.94. The molecule has 1 fully saturated rings. The Labute approximate surface area is 182 Å². The molecule has 0 saturated heterocycles. The van der Waals surface area contributed by atoms with Gasteiger partial charge >= 0.3 is 0 Å². The van der Waals surface area contributed by atoms with Gasteiger partial charge in [0.1, 0.15) is 29.2 Å². The minimum Gasteiger partial charge on any atom is -0.494 e. The van der Waals surface area contributed by atoms with Crippen molar-refractivity contribution < 1.29 is 9.13 Å². The summed E-state index contributed by atoms with van der Waals surface area (Å²) in [5.41, 5.74) is 4.89. The Kier molecular flexibility index (Phi) is 6.26. The fraction of sp³-hybridized carbons (Fsp3) is 0.320. The highest BCUT2D eigenvalue weighted by Gasteiger charge is 2.22. The van der Waals surface area contributed by atoms with Crippen LogP contribution in [0, 0.1) is 11.7 Å². The first-order valence-electron chi connectivity index (χ1n) is 10.6. The molecule has 0 spiro atoms. The Bertz CT molecular complexity index is 1130. The van der Waals surface area contributed by atoms with E-state index < -0.39 is 0 Å². The summed E-state index contributed by atoms with van der Waals surface area (Å²) in [6.07, 6.45) is 10.9. The van der Waals surface area contributed by atoms with Crippen molar-refractivity contribution in [2.24, 2.45) is 5.92 Å². The molecule has 160 valence electrons. The molecule has 0 unspecified atom stereocenters. The lowest BCUT2D eigenvalue weighted by molar-refractivity contribution is 0.419. The molecular weight excluding hydrogens is 391 g/mol. The standard InChI is InChI=1S/C25H27FN4O/c1-4-5-17(10-16(2)18-6-7-18)13-28-25-21-11-19(22-9-8-20(26)14-27-22)12-23(31-3)24(21)29-15-30-25/h5,8-12,14-15,18H,4,6-7,13H2,1-3H3,(H,28,29,30)/b16-10-,17-5-. The van der Waals surface area contributed by atoms with Gasteiger partial charge in [0.15, 0.2) is 0 Å². The highest BCUT2D eigenvalue weighted by molar-refractivity contribution is 5.96. The van der Waals surface area contributed by atoms with Crippen LogP contribution in [-0.2, 0) is 0 Å². The van der Waals surface area contributed by atoms with Gasteiger partial charge < -0.3 is 10.1 Å². The number of allylic oxidation sites excluding steroid dienone is 2. The topological polar surface area (TPSA) is 59.9 Å². The van der Waals surface area contributed by atoms with Crippen molar-refractivity contribution in [2.45, 2.75) is 33.1 Å². The number of hydrogen-bond donors (Lipinski definition) is 1. The normalized spacial score (nSPS) is 14.7. The highest BCUT2D eigenvalue weighted by atomic mass is 19.1. The number of aromatic nitrogens is 3. The number of methoxy groups -OCH3 is 1. The molecule has 2 heterocycles. The Morgan fingerprint density at radius 1 is 1.23 bits per heavy atom. The van der Waals surface area contributed by atoms with Gasteiger partial charge in [-0.15, -0.1) is 0 Å². The molecule has 0 bridgehead atoms. The number of halogens is 1. The Hall–Kier alpha value is -3.28. The Balaban J connectivity index is 1.68. The van der Waals surface area contributed by atoms with Gasteiger partial charge in [-0.05, 0) is 61.9 Å². The van der Waals surface area contributed by atoms with E-state index in [0.717, 1.165) is 34.6 Å². The second-order valence-electron chi connectivity index (χ2n) is 7.86. The largest absolute Gasteiger partial charge is 0.494 e. The lowest BCUT2D eigenvalue weighted by Gasteiger charge is -2.13.